The minimum atomic E-state index is -1.17. The van der Waals surface area contributed by atoms with Crippen molar-refractivity contribution in [3.63, 3.8) is 0 Å². The van der Waals surface area contributed by atoms with Crippen LogP contribution in [0.15, 0.2) is 12.1 Å². The maximum absolute atomic E-state index is 11.3. The summed E-state index contributed by atoms with van der Waals surface area (Å²) in [6.45, 7) is 1.92. The average molecular weight is 354 g/mol. The number of aromatic nitrogens is 1. The summed E-state index contributed by atoms with van der Waals surface area (Å²) in [6.07, 6.45) is 1.03. The molecule has 1 atom stereocenters. The fourth-order valence-corrected chi connectivity index (χ4v) is 3.55. The molecule has 7 nitrogen and oxygen atoms in total. The van der Waals surface area contributed by atoms with E-state index in [9.17, 15) is 24.8 Å². The summed E-state index contributed by atoms with van der Waals surface area (Å²) < 4.78 is 0.673. The number of nitro benzene ring substituents is 1. The standard InChI is InChI=1S/C14H14N2O5S2/c1-2-3-7-4-11-9(6-10(7)16(20)21)15-13(23-11)8(14(18)19)5-12(17)22/h4,6,8H,2-3,5H2,1H3,(H,17,22)(H,18,19). The van der Waals surface area contributed by atoms with Gasteiger partial charge in [0.15, 0.2) is 5.12 Å². The monoisotopic (exact) mass is 354 g/mol. The lowest BCUT2D eigenvalue weighted by molar-refractivity contribution is -0.385. The lowest BCUT2D eigenvalue weighted by Crippen LogP contribution is -2.13. The Kier molecular flexibility index (Phi) is 5.32. The van der Waals surface area contributed by atoms with E-state index in [1.807, 2.05) is 6.92 Å². The molecule has 1 aromatic heterocycles. The van der Waals surface area contributed by atoms with E-state index in [0.29, 0.717) is 22.2 Å². The Morgan fingerprint density at radius 2 is 2.17 bits per heavy atom. The Labute approximate surface area is 140 Å². The highest BCUT2D eigenvalue weighted by molar-refractivity contribution is 7.96. The number of carboxylic acid groups (broad SMARTS) is 1. The van der Waals surface area contributed by atoms with Crippen molar-refractivity contribution in [3.8, 4) is 0 Å². The van der Waals surface area contributed by atoms with Crippen LogP contribution in [0.2, 0.25) is 0 Å². The summed E-state index contributed by atoms with van der Waals surface area (Å²) in [4.78, 5) is 37.3. The minimum Gasteiger partial charge on any atom is -0.481 e. The molecule has 0 aliphatic carbocycles. The van der Waals surface area contributed by atoms with Crippen molar-refractivity contribution in [2.75, 3.05) is 0 Å². The molecule has 1 heterocycles. The average Bonchev–Trinajstić information content (AvgIpc) is 2.86. The van der Waals surface area contributed by atoms with Crippen LogP contribution in [0.25, 0.3) is 10.2 Å². The van der Waals surface area contributed by atoms with Gasteiger partial charge < -0.3 is 5.11 Å². The first kappa shape index (κ1) is 17.4. The van der Waals surface area contributed by atoms with Crippen molar-refractivity contribution < 1.29 is 19.6 Å². The molecule has 2 rings (SSSR count). The predicted molar refractivity (Wildman–Crippen MR) is 89.3 cm³/mol. The van der Waals surface area contributed by atoms with E-state index in [2.05, 4.69) is 17.6 Å². The second-order valence-electron chi connectivity index (χ2n) is 5.00. The Morgan fingerprint density at radius 3 is 2.70 bits per heavy atom. The largest absolute Gasteiger partial charge is 0.481 e. The smallest absolute Gasteiger partial charge is 0.313 e. The number of hydrogen-bond acceptors (Lipinski definition) is 6. The number of nitrogens with zero attached hydrogens (tertiary/aromatic N) is 2. The second kappa shape index (κ2) is 7.05. The Bertz CT molecular complexity index is 787. The van der Waals surface area contributed by atoms with Gasteiger partial charge in [-0.15, -0.1) is 24.0 Å². The normalized spacial score (nSPS) is 12.3. The van der Waals surface area contributed by atoms with Crippen molar-refractivity contribution >= 4 is 51.0 Å². The number of carbonyl (C=O) groups is 2. The molecular formula is C14H14N2O5S2. The molecule has 0 saturated heterocycles. The lowest BCUT2D eigenvalue weighted by Gasteiger charge is -2.05. The number of fused-ring (bicyclic) bond motifs is 1. The van der Waals surface area contributed by atoms with E-state index in [1.54, 1.807) is 6.07 Å². The van der Waals surface area contributed by atoms with Crippen LogP contribution in [0, 0.1) is 10.1 Å². The summed E-state index contributed by atoms with van der Waals surface area (Å²) in [5, 5.41) is 20.1. The van der Waals surface area contributed by atoms with Gasteiger partial charge in [0.05, 0.1) is 15.1 Å². The third-order valence-electron chi connectivity index (χ3n) is 3.30. The Hall–Kier alpha value is -2.00. The lowest BCUT2D eigenvalue weighted by atomic mass is 10.1. The van der Waals surface area contributed by atoms with E-state index < -0.39 is 21.9 Å². The van der Waals surface area contributed by atoms with Crippen LogP contribution in [-0.4, -0.2) is 26.1 Å². The van der Waals surface area contributed by atoms with Gasteiger partial charge in [0.1, 0.15) is 10.9 Å². The highest BCUT2D eigenvalue weighted by atomic mass is 32.1. The molecule has 122 valence electrons. The van der Waals surface area contributed by atoms with Gasteiger partial charge in [-0.05, 0) is 12.5 Å². The van der Waals surface area contributed by atoms with Gasteiger partial charge >= 0.3 is 5.97 Å². The van der Waals surface area contributed by atoms with Gasteiger partial charge in [-0.2, -0.15) is 0 Å². The van der Waals surface area contributed by atoms with Crippen LogP contribution < -0.4 is 0 Å². The van der Waals surface area contributed by atoms with Gasteiger partial charge in [0, 0.05) is 18.1 Å². The summed E-state index contributed by atoms with van der Waals surface area (Å²) in [6, 6.07) is 3.04. The van der Waals surface area contributed by atoms with Crippen molar-refractivity contribution in [1.82, 2.24) is 4.98 Å². The zero-order valence-corrected chi connectivity index (χ0v) is 13.9. The molecule has 0 bridgehead atoms. The van der Waals surface area contributed by atoms with E-state index in [1.165, 1.54) is 6.07 Å². The number of aryl methyl sites for hydroxylation is 1. The van der Waals surface area contributed by atoms with Gasteiger partial charge in [-0.25, -0.2) is 4.98 Å². The maximum Gasteiger partial charge on any atom is 0.313 e. The van der Waals surface area contributed by atoms with Crippen molar-refractivity contribution in [2.45, 2.75) is 32.1 Å². The third-order valence-corrected chi connectivity index (χ3v) is 4.61. The number of thiazole rings is 1. The summed E-state index contributed by atoms with van der Waals surface area (Å²) in [5.41, 5.74) is 0.945. The number of carbonyl (C=O) groups excluding carboxylic acids is 1. The van der Waals surface area contributed by atoms with E-state index in [4.69, 9.17) is 0 Å². The molecule has 0 fully saturated rings. The first-order valence-electron chi connectivity index (χ1n) is 6.85. The van der Waals surface area contributed by atoms with Crippen LogP contribution >= 0.6 is 24.0 Å². The first-order valence-corrected chi connectivity index (χ1v) is 8.12. The molecule has 9 heteroatoms. The number of benzene rings is 1. The topological polar surface area (TPSA) is 110 Å². The zero-order valence-electron chi connectivity index (χ0n) is 12.2. The summed E-state index contributed by atoms with van der Waals surface area (Å²) in [5.74, 6) is -2.26. The Balaban J connectivity index is 2.54. The van der Waals surface area contributed by atoms with Gasteiger partial charge in [-0.1, -0.05) is 13.3 Å². The number of nitro groups is 1. The van der Waals surface area contributed by atoms with Crippen molar-refractivity contribution in [3.05, 3.63) is 32.8 Å². The molecule has 0 spiro atoms. The van der Waals surface area contributed by atoms with Crippen LogP contribution in [-0.2, 0) is 16.0 Å². The number of carboxylic acids is 1. The number of aliphatic carboxylic acids is 1. The number of rotatable bonds is 7. The van der Waals surface area contributed by atoms with E-state index >= 15 is 0 Å². The van der Waals surface area contributed by atoms with Crippen LogP contribution in [0.4, 0.5) is 5.69 Å². The molecule has 23 heavy (non-hydrogen) atoms. The molecule has 0 radical (unpaired) electrons. The first-order chi connectivity index (χ1) is 10.8. The molecule has 0 saturated carbocycles. The maximum atomic E-state index is 11.3. The molecule has 1 N–H and O–H groups in total. The SMILES string of the molecule is CCCc1cc2sc(C(CC(=O)S)C(=O)O)nc2cc1[N+](=O)[O-]. The predicted octanol–water partition coefficient (Wildman–Crippen LogP) is 3.17. The fourth-order valence-electron chi connectivity index (χ4n) is 2.27. The second-order valence-corrected chi connectivity index (χ2v) is 6.56. The highest BCUT2D eigenvalue weighted by Crippen LogP contribution is 2.34. The van der Waals surface area contributed by atoms with E-state index in [-0.39, 0.29) is 17.1 Å². The molecule has 2 aromatic rings. The van der Waals surface area contributed by atoms with Crippen LogP contribution in [0.1, 0.15) is 36.3 Å². The van der Waals surface area contributed by atoms with Crippen molar-refractivity contribution in [2.24, 2.45) is 0 Å². The molecule has 0 aliphatic rings. The molecule has 0 amide bonds. The molecule has 0 aliphatic heterocycles. The van der Waals surface area contributed by atoms with Crippen LogP contribution in [0.5, 0.6) is 0 Å². The molecule has 1 aromatic carbocycles. The summed E-state index contributed by atoms with van der Waals surface area (Å²) >= 11 is 4.75. The Morgan fingerprint density at radius 1 is 1.48 bits per heavy atom. The van der Waals surface area contributed by atoms with Gasteiger partial charge in [-0.3, -0.25) is 19.7 Å². The number of thiol groups is 1. The minimum absolute atomic E-state index is 0.0200. The van der Waals surface area contributed by atoms with E-state index in [0.717, 1.165) is 17.8 Å². The highest BCUT2D eigenvalue weighted by Gasteiger charge is 2.27. The zero-order chi connectivity index (χ0) is 17.1. The van der Waals surface area contributed by atoms with Gasteiger partial charge in [0.2, 0.25) is 0 Å². The molecular weight excluding hydrogens is 340 g/mol. The van der Waals surface area contributed by atoms with Gasteiger partial charge in [0.25, 0.3) is 5.69 Å². The third kappa shape index (κ3) is 3.85. The molecule has 1 unspecified atom stereocenters. The quantitative estimate of drug-likeness (QED) is 0.449. The van der Waals surface area contributed by atoms with Crippen LogP contribution in [0.3, 0.4) is 0 Å². The fraction of sp³-hybridized carbons (Fsp3) is 0.357. The summed E-state index contributed by atoms with van der Waals surface area (Å²) in [7, 11) is 0. The van der Waals surface area contributed by atoms with Crippen molar-refractivity contribution in [1.29, 1.82) is 0 Å². The number of hydrogen-bond donors (Lipinski definition) is 2.